The monoisotopic (exact) mass is 317 g/mol. The van der Waals surface area contributed by atoms with Crippen molar-refractivity contribution >= 4 is 29.1 Å². The van der Waals surface area contributed by atoms with Gasteiger partial charge in [0.2, 0.25) is 11.8 Å². The van der Waals surface area contributed by atoms with Crippen LogP contribution in [0, 0.1) is 0 Å². The highest BCUT2D eigenvalue weighted by Crippen LogP contribution is 2.14. The van der Waals surface area contributed by atoms with E-state index in [1.54, 1.807) is 30.3 Å². The molecule has 0 saturated heterocycles. The van der Waals surface area contributed by atoms with E-state index in [9.17, 15) is 9.59 Å². The van der Waals surface area contributed by atoms with Gasteiger partial charge in [-0.25, -0.2) is 0 Å². The molecule has 2 aromatic carbocycles. The Hall–Kier alpha value is -2.37. The van der Waals surface area contributed by atoms with E-state index in [0.717, 1.165) is 5.56 Å². The molecule has 0 saturated carbocycles. The van der Waals surface area contributed by atoms with E-state index in [0.29, 0.717) is 22.8 Å². The fraction of sp³-hybridized carbons (Fsp3) is 0.125. The van der Waals surface area contributed by atoms with Gasteiger partial charge in [-0.05, 0) is 35.9 Å². The molecular weight excluding hydrogens is 302 g/mol. The van der Waals surface area contributed by atoms with Gasteiger partial charge in [0.25, 0.3) is 0 Å². The van der Waals surface area contributed by atoms with Crippen molar-refractivity contribution in [1.29, 1.82) is 0 Å². The summed E-state index contributed by atoms with van der Waals surface area (Å²) in [7, 11) is 0. The predicted octanol–water partition coefficient (Wildman–Crippen LogP) is 2.17. The Morgan fingerprint density at radius 2 is 1.73 bits per heavy atom. The first-order chi connectivity index (χ1) is 10.6. The minimum absolute atomic E-state index is 0.156. The molecule has 0 bridgehead atoms. The first-order valence-electron chi connectivity index (χ1n) is 6.70. The third-order valence-electron chi connectivity index (χ3n) is 3.01. The van der Waals surface area contributed by atoms with E-state index in [-0.39, 0.29) is 12.5 Å². The normalized spacial score (nSPS) is 10.2. The lowest BCUT2D eigenvalue weighted by atomic mass is 10.2. The molecule has 0 spiro atoms. The molecule has 0 heterocycles. The summed E-state index contributed by atoms with van der Waals surface area (Å²) in [5.74, 6) is -0.682. The van der Waals surface area contributed by atoms with Gasteiger partial charge in [-0.3, -0.25) is 9.59 Å². The first-order valence-corrected chi connectivity index (χ1v) is 7.08. The van der Waals surface area contributed by atoms with Gasteiger partial charge in [0, 0.05) is 22.8 Å². The highest BCUT2D eigenvalue weighted by Gasteiger charge is 2.05. The summed E-state index contributed by atoms with van der Waals surface area (Å²) in [6, 6.07) is 13.8. The number of anilines is 1. The number of amides is 2. The maximum Gasteiger partial charge on any atom is 0.248 e. The zero-order chi connectivity index (χ0) is 15.9. The second kappa shape index (κ2) is 7.59. The van der Waals surface area contributed by atoms with Crippen molar-refractivity contribution < 1.29 is 9.59 Å². The molecule has 0 aliphatic carbocycles. The molecule has 0 atom stereocenters. The fourth-order valence-corrected chi connectivity index (χ4v) is 2.08. The smallest absolute Gasteiger partial charge is 0.248 e. The van der Waals surface area contributed by atoms with Crippen LogP contribution in [0.2, 0.25) is 5.02 Å². The second-order valence-electron chi connectivity index (χ2n) is 4.68. The summed E-state index contributed by atoms with van der Waals surface area (Å²) in [6.07, 6.45) is 0. The lowest BCUT2D eigenvalue weighted by Crippen LogP contribution is -2.27. The molecule has 0 radical (unpaired) electrons. The Morgan fingerprint density at radius 3 is 2.36 bits per heavy atom. The summed E-state index contributed by atoms with van der Waals surface area (Å²) in [5.41, 5.74) is 7.09. The Kier molecular flexibility index (Phi) is 5.52. The van der Waals surface area contributed by atoms with Crippen LogP contribution in [0.25, 0.3) is 0 Å². The van der Waals surface area contributed by atoms with Crippen LogP contribution in [0.3, 0.4) is 0 Å². The minimum Gasteiger partial charge on any atom is -0.366 e. The van der Waals surface area contributed by atoms with Gasteiger partial charge in [0.05, 0.1) is 6.54 Å². The Bertz CT molecular complexity index is 671. The molecule has 2 rings (SSSR count). The second-order valence-corrected chi connectivity index (χ2v) is 5.09. The molecular formula is C16H16ClN3O2. The van der Waals surface area contributed by atoms with Crippen molar-refractivity contribution in [3.05, 3.63) is 64.7 Å². The molecule has 0 aliphatic heterocycles. The lowest BCUT2D eigenvalue weighted by molar-refractivity contribution is -0.115. The summed E-state index contributed by atoms with van der Waals surface area (Å²) < 4.78 is 0. The van der Waals surface area contributed by atoms with Gasteiger partial charge < -0.3 is 16.4 Å². The minimum atomic E-state index is -0.501. The summed E-state index contributed by atoms with van der Waals surface area (Å²) >= 11 is 6.03. The van der Waals surface area contributed by atoms with E-state index >= 15 is 0 Å². The van der Waals surface area contributed by atoms with E-state index in [2.05, 4.69) is 10.6 Å². The van der Waals surface area contributed by atoms with Gasteiger partial charge in [0.1, 0.15) is 0 Å². The maximum absolute atomic E-state index is 11.8. The molecule has 5 nitrogen and oxygen atoms in total. The van der Waals surface area contributed by atoms with Crippen molar-refractivity contribution in [3.63, 3.8) is 0 Å². The van der Waals surface area contributed by atoms with Crippen LogP contribution in [0.1, 0.15) is 15.9 Å². The molecule has 4 N–H and O–H groups in total. The van der Waals surface area contributed by atoms with Crippen LogP contribution < -0.4 is 16.4 Å². The van der Waals surface area contributed by atoms with Gasteiger partial charge in [-0.1, -0.05) is 29.8 Å². The number of halogens is 1. The molecule has 0 aromatic heterocycles. The standard InChI is InChI=1S/C16H16ClN3O2/c17-14-4-2-1-3-12(14)9-19-10-15(21)20-13-7-5-11(6-8-13)16(18)22/h1-8,19H,9-10H2,(H2,18,22)(H,20,21). The molecule has 114 valence electrons. The third kappa shape index (κ3) is 4.58. The number of rotatable bonds is 6. The van der Waals surface area contributed by atoms with Crippen molar-refractivity contribution in [2.75, 3.05) is 11.9 Å². The quantitative estimate of drug-likeness (QED) is 0.763. The Morgan fingerprint density at radius 1 is 1.05 bits per heavy atom. The predicted molar refractivity (Wildman–Crippen MR) is 86.7 cm³/mol. The number of hydrogen-bond acceptors (Lipinski definition) is 3. The average Bonchev–Trinajstić information content (AvgIpc) is 2.50. The van der Waals surface area contributed by atoms with E-state index in [4.69, 9.17) is 17.3 Å². The van der Waals surface area contributed by atoms with Gasteiger partial charge in [-0.15, -0.1) is 0 Å². The number of hydrogen-bond donors (Lipinski definition) is 3. The van der Waals surface area contributed by atoms with Crippen molar-refractivity contribution in [1.82, 2.24) is 5.32 Å². The van der Waals surface area contributed by atoms with E-state index in [1.165, 1.54) is 0 Å². The number of nitrogens with one attached hydrogen (secondary N) is 2. The van der Waals surface area contributed by atoms with Crippen LogP contribution in [0.15, 0.2) is 48.5 Å². The van der Waals surface area contributed by atoms with Gasteiger partial charge >= 0.3 is 0 Å². The van der Waals surface area contributed by atoms with Crippen LogP contribution in [0.4, 0.5) is 5.69 Å². The third-order valence-corrected chi connectivity index (χ3v) is 3.38. The van der Waals surface area contributed by atoms with Crippen molar-refractivity contribution in [2.45, 2.75) is 6.54 Å². The van der Waals surface area contributed by atoms with Gasteiger partial charge in [0.15, 0.2) is 0 Å². The molecule has 6 heteroatoms. The summed E-state index contributed by atoms with van der Waals surface area (Å²) in [4.78, 5) is 22.8. The zero-order valence-corrected chi connectivity index (χ0v) is 12.6. The Labute approximate surface area is 133 Å². The fourth-order valence-electron chi connectivity index (χ4n) is 1.88. The lowest BCUT2D eigenvalue weighted by Gasteiger charge is -2.08. The molecule has 0 aliphatic rings. The van der Waals surface area contributed by atoms with Crippen molar-refractivity contribution in [3.8, 4) is 0 Å². The van der Waals surface area contributed by atoms with Gasteiger partial charge in [-0.2, -0.15) is 0 Å². The highest BCUT2D eigenvalue weighted by molar-refractivity contribution is 6.31. The Balaban J connectivity index is 1.80. The summed E-state index contributed by atoms with van der Waals surface area (Å²) in [5, 5.41) is 6.41. The SMILES string of the molecule is NC(=O)c1ccc(NC(=O)CNCc2ccccc2Cl)cc1. The number of nitrogens with two attached hydrogens (primary N) is 1. The van der Waals surface area contributed by atoms with E-state index < -0.39 is 5.91 Å². The average molecular weight is 318 g/mol. The summed E-state index contributed by atoms with van der Waals surface area (Å²) in [6.45, 7) is 0.663. The number of carbonyl (C=O) groups is 2. The highest BCUT2D eigenvalue weighted by atomic mass is 35.5. The number of benzene rings is 2. The largest absolute Gasteiger partial charge is 0.366 e. The first kappa shape index (κ1) is 16.0. The number of primary amides is 1. The molecule has 2 amide bonds. The number of carbonyl (C=O) groups excluding carboxylic acids is 2. The molecule has 0 unspecified atom stereocenters. The van der Waals surface area contributed by atoms with Crippen LogP contribution in [0.5, 0.6) is 0 Å². The van der Waals surface area contributed by atoms with E-state index in [1.807, 2.05) is 18.2 Å². The maximum atomic E-state index is 11.8. The topological polar surface area (TPSA) is 84.2 Å². The van der Waals surface area contributed by atoms with Crippen LogP contribution >= 0.6 is 11.6 Å². The molecule has 0 fully saturated rings. The molecule has 22 heavy (non-hydrogen) atoms. The van der Waals surface area contributed by atoms with Crippen LogP contribution in [-0.4, -0.2) is 18.4 Å². The molecule has 2 aromatic rings. The van der Waals surface area contributed by atoms with Crippen LogP contribution in [-0.2, 0) is 11.3 Å². The zero-order valence-electron chi connectivity index (χ0n) is 11.8. The van der Waals surface area contributed by atoms with Crippen molar-refractivity contribution in [2.24, 2.45) is 5.73 Å².